The summed E-state index contributed by atoms with van der Waals surface area (Å²) < 4.78 is 35.3. The van der Waals surface area contributed by atoms with Gasteiger partial charge >= 0.3 is 7.60 Å². The summed E-state index contributed by atoms with van der Waals surface area (Å²) in [6.07, 6.45) is 5.36. The van der Waals surface area contributed by atoms with Gasteiger partial charge < -0.3 is 23.2 Å². The van der Waals surface area contributed by atoms with Gasteiger partial charge in [-0.3, -0.25) is 4.57 Å². The topological polar surface area (TPSA) is 77.5 Å². The predicted octanol–water partition coefficient (Wildman–Crippen LogP) is 3.93. The third-order valence-corrected chi connectivity index (χ3v) is 7.73. The highest BCUT2D eigenvalue weighted by atomic mass is 31.2. The van der Waals surface area contributed by atoms with Gasteiger partial charge in [0.15, 0.2) is 0 Å². The normalized spacial score (nSPS) is 23.0. The summed E-state index contributed by atoms with van der Waals surface area (Å²) in [7, 11) is -1.82. The van der Waals surface area contributed by atoms with Crippen molar-refractivity contribution in [3.8, 4) is 0 Å². The molecule has 1 aliphatic rings. The van der Waals surface area contributed by atoms with Crippen LogP contribution in [0.5, 0.6) is 0 Å². The molecule has 1 rings (SSSR count). The van der Waals surface area contributed by atoms with Crippen LogP contribution in [0.2, 0.25) is 0 Å². The zero-order chi connectivity index (χ0) is 19.0. The summed E-state index contributed by atoms with van der Waals surface area (Å²) in [6, 6.07) is 0.407. The second-order valence-corrected chi connectivity index (χ2v) is 10.1. The molecule has 0 spiro atoms. The van der Waals surface area contributed by atoms with Crippen LogP contribution < -0.4 is 0 Å². The van der Waals surface area contributed by atoms with E-state index < -0.39 is 16.1 Å². The molecule has 25 heavy (non-hydrogen) atoms. The van der Waals surface area contributed by atoms with Crippen LogP contribution in [0.25, 0.3) is 0 Å². The Balaban J connectivity index is 2.42. The molecule has 0 bridgehead atoms. The number of hydrogen-bond acceptors (Lipinski definition) is 7. The summed E-state index contributed by atoms with van der Waals surface area (Å²) in [5.74, 6) is 0. The molecule has 0 aliphatic carbocycles. The maximum atomic E-state index is 12.0. The highest BCUT2D eigenvalue weighted by molar-refractivity contribution is 7.53. The third-order valence-electron chi connectivity index (χ3n) is 3.98. The van der Waals surface area contributed by atoms with E-state index in [1.165, 1.54) is 14.2 Å². The zero-order valence-corrected chi connectivity index (χ0v) is 17.9. The van der Waals surface area contributed by atoms with E-state index >= 15 is 0 Å². The molecule has 1 aliphatic heterocycles. The Labute approximate surface area is 153 Å². The molecule has 9 heteroatoms. The summed E-state index contributed by atoms with van der Waals surface area (Å²) in [4.78, 5) is 10.4. The van der Waals surface area contributed by atoms with Crippen molar-refractivity contribution in [2.45, 2.75) is 64.8 Å². The van der Waals surface area contributed by atoms with Crippen LogP contribution in [0.4, 0.5) is 0 Å². The average Bonchev–Trinajstić information content (AvgIpc) is 2.55. The molecule has 3 atom stereocenters. The molecule has 0 radical (unpaired) electrons. The van der Waals surface area contributed by atoms with Crippen molar-refractivity contribution in [3.63, 3.8) is 0 Å². The molecule has 1 N–H and O–H groups in total. The van der Waals surface area contributed by atoms with Crippen molar-refractivity contribution in [1.82, 2.24) is 4.67 Å². The summed E-state index contributed by atoms with van der Waals surface area (Å²) in [6.45, 7) is 8.55. The lowest BCUT2D eigenvalue weighted by atomic mass is 10.1. The fourth-order valence-electron chi connectivity index (χ4n) is 2.73. The third kappa shape index (κ3) is 7.74. The van der Waals surface area contributed by atoms with E-state index in [1.54, 1.807) is 0 Å². The van der Waals surface area contributed by atoms with Gasteiger partial charge in [-0.25, -0.2) is 4.67 Å². The van der Waals surface area contributed by atoms with Crippen LogP contribution >= 0.6 is 16.1 Å². The van der Waals surface area contributed by atoms with Gasteiger partial charge in [0, 0.05) is 26.3 Å². The first kappa shape index (κ1) is 23.2. The Bertz CT molecular complexity index is 444. The van der Waals surface area contributed by atoms with E-state index in [0.29, 0.717) is 19.2 Å². The van der Waals surface area contributed by atoms with Gasteiger partial charge in [-0.2, -0.15) is 0 Å². The molecule has 148 valence electrons. The van der Waals surface area contributed by atoms with Crippen LogP contribution in [0.15, 0.2) is 12.2 Å². The standard InChI is InChI=1S/C16H33NO6P2/c1-13(2)17(14(3)4)24(18)23-16-10-9-15(22-12-16)8-7-11-25(19,20-5)21-6/h9-10,13-16,18H,7-8,11-12H2,1-6H3/t15-,16-,24?/m0/s1. The molecule has 0 saturated carbocycles. The first-order valence-electron chi connectivity index (χ1n) is 8.67. The van der Waals surface area contributed by atoms with Crippen LogP contribution in [-0.2, 0) is 22.9 Å². The minimum absolute atomic E-state index is 0.0433. The Kier molecular flexibility index (Phi) is 10.3. The van der Waals surface area contributed by atoms with Gasteiger partial charge in [-0.15, -0.1) is 0 Å². The highest BCUT2D eigenvalue weighted by Gasteiger charge is 2.28. The lowest BCUT2D eigenvalue weighted by Crippen LogP contribution is -2.35. The van der Waals surface area contributed by atoms with E-state index in [-0.39, 0.29) is 24.3 Å². The van der Waals surface area contributed by atoms with Crippen LogP contribution in [0.3, 0.4) is 0 Å². The summed E-state index contributed by atoms with van der Waals surface area (Å²) in [5.41, 5.74) is 0. The first-order valence-corrected chi connectivity index (χ1v) is 11.6. The molecule has 0 saturated heterocycles. The quantitative estimate of drug-likeness (QED) is 0.418. The van der Waals surface area contributed by atoms with Gasteiger partial charge in [0.05, 0.1) is 18.9 Å². The number of nitrogens with zero attached hydrogens (tertiary/aromatic N) is 1. The largest absolute Gasteiger partial charge is 0.371 e. The van der Waals surface area contributed by atoms with Gasteiger partial charge in [0.1, 0.15) is 6.10 Å². The summed E-state index contributed by atoms with van der Waals surface area (Å²) in [5, 5.41) is 0. The first-order chi connectivity index (χ1) is 11.7. The second kappa shape index (κ2) is 11.1. The monoisotopic (exact) mass is 397 g/mol. The number of hydrogen-bond donors (Lipinski definition) is 1. The molecule has 0 amide bonds. The fraction of sp³-hybridized carbons (Fsp3) is 0.875. The maximum absolute atomic E-state index is 12.0. The predicted molar refractivity (Wildman–Crippen MR) is 101 cm³/mol. The molecular formula is C16H33NO6P2. The van der Waals surface area contributed by atoms with E-state index in [2.05, 4.69) is 0 Å². The average molecular weight is 397 g/mol. The van der Waals surface area contributed by atoms with Crippen molar-refractivity contribution in [1.29, 1.82) is 0 Å². The Morgan fingerprint density at radius 1 is 1.24 bits per heavy atom. The zero-order valence-electron chi connectivity index (χ0n) is 16.1. The van der Waals surface area contributed by atoms with Gasteiger partial charge in [0.2, 0.25) is 0 Å². The van der Waals surface area contributed by atoms with Crippen molar-refractivity contribution in [2.24, 2.45) is 0 Å². The minimum atomic E-state index is -2.95. The Morgan fingerprint density at radius 3 is 2.28 bits per heavy atom. The number of rotatable bonds is 11. The van der Waals surface area contributed by atoms with Crippen molar-refractivity contribution in [2.75, 3.05) is 27.0 Å². The van der Waals surface area contributed by atoms with Gasteiger partial charge in [0.25, 0.3) is 8.53 Å². The van der Waals surface area contributed by atoms with E-state index in [0.717, 1.165) is 6.42 Å². The molecule has 0 aromatic carbocycles. The molecule has 0 fully saturated rings. The van der Waals surface area contributed by atoms with Crippen LogP contribution in [0.1, 0.15) is 40.5 Å². The maximum Gasteiger partial charge on any atom is 0.330 e. The molecule has 0 aromatic rings. The Hall–Kier alpha value is 0.160. The molecule has 1 unspecified atom stereocenters. The van der Waals surface area contributed by atoms with Crippen molar-refractivity contribution < 1.29 is 27.8 Å². The second-order valence-electron chi connectivity index (χ2n) is 6.56. The molecule has 0 aromatic heterocycles. The molecular weight excluding hydrogens is 364 g/mol. The van der Waals surface area contributed by atoms with E-state index in [1.807, 2.05) is 44.5 Å². The highest BCUT2D eigenvalue weighted by Crippen LogP contribution is 2.47. The lowest BCUT2D eigenvalue weighted by molar-refractivity contribution is 0.0165. The van der Waals surface area contributed by atoms with E-state index in [4.69, 9.17) is 18.3 Å². The lowest BCUT2D eigenvalue weighted by Gasteiger charge is -2.35. The number of ether oxygens (including phenoxy) is 1. The minimum Gasteiger partial charge on any atom is -0.371 e. The van der Waals surface area contributed by atoms with Gasteiger partial charge in [-0.1, -0.05) is 12.2 Å². The van der Waals surface area contributed by atoms with Crippen molar-refractivity contribution >= 4 is 16.1 Å². The van der Waals surface area contributed by atoms with E-state index in [9.17, 15) is 9.46 Å². The van der Waals surface area contributed by atoms with Crippen LogP contribution in [0, 0.1) is 0 Å². The molecule has 7 nitrogen and oxygen atoms in total. The van der Waals surface area contributed by atoms with Gasteiger partial charge in [-0.05, 0) is 40.5 Å². The van der Waals surface area contributed by atoms with Crippen LogP contribution in [-0.4, -0.2) is 60.8 Å². The SMILES string of the molecule is COP(=O)(CCC[C@H]1C=C[C@H](OP(O)N(C(C)C)C(C)C)CO1)OC. The Morgan fingerprint density at radius 2 is 1.84 bits per heavy atom. The summed E-state index contributed by atoms with van der Waals surface area (Å²) >= 11 is 0. The fourth-order valence-corrected chi connectivity index (χ4v) is 5.09. The smallest absolute Gasteiger partial charge is 0.330 e. The molecule has 1 heterocycles. The van der Waals surface area contributed by atoms with Crippen molar-refractivity contribution in [3.05, 3.63) is 12.2 Å².